The van der Waals surface area contributed by atoms with E-state index < -0.39 is 11.7 Å². The first kappa shape index (κ1) is 13.4. The van der Waals surface area contributed by atoms with E-state index in [9.17, 15) is 13.2 Å². The lowest BCUT2D eigenvalue weighted by Crippen LogP contribution is -2.06. The third-order valence-electron chi connectivity index (χ3n) is 2.17. The van der Waals surface area contributed by atoms with Crippen molar-refractivity contribution in [3.63, 3.8) is 0 Å². The summed E-state index contributed by atoms with van der Waals surface area (Å²) in [5.74, 6) is 0.297. The van der Waals surface area contributed by atoms with Gasteiger partial charge in [0, 0.05) is 16.9 Å². The Hall–Kier alpha value is -2.02. The maximum atomic E-state index is 12.6. The Morgan fingerprint density at radius 2 is 1.95 bits per heavy atom. The average Bonchev–Trinajstić information content (AvgIpc) is 2.26. The first-order valence-corrected chi connectivity index (χ1v) is 5.46. The lowest BCUT2D eigenvalue weighted by Gasteiger charge is -2.11. The van der Waals surface area contributed by atoms with Gasteiger partial charge in [-0.05, 0) is 24.3 Å². The van der Waals surface area contributed by atoms with Crippen molar-refractivity contribution < 1.29 is 13.2 Å². The predicted molar refractivity (Wildman–Crippen MR) is 66.2 cm³/mol. The summed E-state index contributed by atoms with van der Waals surface area (Å²) >= 11 is 5.66. The molecule has 0 aliphatic rings. The lowest BCUT2D eigenvalue weighted by molar-refractivity contribution is -0.137. The fourth-order valence-corrected chi connectivity index (χ4v) is 1.65. The minimum Gasteiger partial charge on any atom is -0.368 e. The smallest absolute Gasteiger partial charge is 0.368 e. The van der Waals surface area contributed by atoms with E-state index in [1.165, 1.54) is 18.3 Å². The summed E-state index contributed by atoms with van der Waals surface area (Å²) in [6.45, 7) is 0. The van der Waals surface area contributed by atoms with Gasteiger partial charge in [0.25, 0.3) is 0 Å². The SMILES string of the molecule is Nc1nccc(Nc2cc(Cl)cc(C(F)(F)F)c2)n1. The van der Waals surface area contributed by atoms with Gasteiger partial charge in [0.15, 0.2) is 0 Å². The molecule has 0 atom stereocenters. The minimum atomic E-state index is -4.47. The molecule has 0 fully saturated rings. The molecule has 0 saturated heterocycles. The largest absolute Gasteiger partial charge is 0.416 e. The molecule has 0 radical (unpaired) electrons. The van der Waals surface area contributed by atoms with Crippen molar-refractivity contribution in [2.24, 2.45) is 0 Å². The zero-order chi connectivity index (χ0) is 14.0. The van der Waals surface area contributed by atoms with E-state index in [2.05, 4.69) is 15.3 Å². The van der Waals surface area contributed by atoms with Gasteiger partial charge in [-0.15, -0.1) is 0 Å². The Labute approximate surface area is 111 Å². The Morgan fingerprint density at radius 1 is 1.21 bits per heavy atom. The van der Waals surface area contributed by atoms with Crippen LogP contribution in [-0.2, 0) is 6.18 Å². The maximum absolute atomic E-state index is 12.6. The number of anilines is 3. The minimum absolute atomic E-state index is 0.0167. The second kappa shape index (κ2) is 4.93. The number of hydrogen-bond acceptors (Lipinski definition) is 4. The van der Waals surface area contributed by atoms with Gasteiger partial charge in [-0.1, -0.05) is 11.6 Å². The summed E-state index contributed by atoms with van der Waals surface area (Å²) in [5, 5.41) is 2.65. The summed E-state index contributed by atoms with van der Waals surface area (Å²) < 4.78 is 37.9. The third kappa shape index (κ3) is 3.47. The first-order chi connectivity index (χ1) is 8.84. The molecule has 0 unspecified atom stereocenters. The highest BCUT2D eigenvalue weighted by Gasteiger charge is 2.31. The number of rotatable bonds is 2. The molecule has 0 aliphatic heterocycles. The molecule has 0 amide bonds. The topological polar surface area (TPSA) is 63.8 Å². The van der Waals surface area contributed by atoms with Crippen molar-refractivity contribution in [2.45, 2.75) is 6.18 Å². The highest BCUT2D eigenvalue weighted by atomic mass is 35.5. The summed E-state index contributed by atoms with van der Waals surface area (Å²) in [6.07, 6.45) is -3.08. The van der Waals surface area contributed by atoms with E-state index in [1.807, 2.05) is 0 Å². The molecule has 0 bridgehead atoms. The molecule has 0 saturated carbocycles. The van der Waals surface area contributed by atoms with E-state index >= 15 is 0 Å². The highest BCUT2D eigenvalue weighted by Crippen LogP contribution is 2.33. The van der Waals surface area contributed by atoms with Crippen LogP contribution in [0.15, 0.2) is 30.5 Å². The zero-order valence-electron chi connectivity index (χ0n) is 9.37. The number of nitrogen functional groups attached to an aromatic ring is 1. The van der Waals surface area contributed by atoms with E-state index in [4.69, 9.17) is 17.3 Å². The number of nitrogens with two attached hydrogens (primary N) is 1. The summed E-state index contributed by atoms with van der Waals surface area (Å²) in [5.41, 5.74) is 4.69. The van der Waals surface area contributed by atoms with Crippen molar-refractivity contribution in [3.05, 3.63) is 41.0 Å². The molecule has 1 heterocycles. The fourth-order valence-electron chi connectivity index (χ4n) is 1.42. The second-order valence-corrected chi connectivity index (χ2v) is 4.09. The summed E-state index contributed by atoms with van der Waals surface area (Å²) in [6, 6.07) is 4.62. The Kier molecular flexibility index (Phi) is 3.48. The number of alkyl halides is 3. The lowest BCUT2D eigenvalue weighted by atomic mass is 10.2. The molecule has 100 valence electrons. The molecule has 1 aromatic carbocycles. The van der Waals surface area contributed by atoms with Gasteiger partial charge in [0.05, 0.1) is 5.56 Å². The molecule has 8 heteroatoms. The summed E-state index contributed by atoms with van der Waals surface area (Å²) in [4.78, 5) is 7.50. The van der Waals surface area contributed by atoms with E-state index in [-0.39, 0.29) is 22.5 Å². The Morgan fingerprint density at radius 3 is 2.58 bits per heavy atom. The van der Waals surface area contributed by atoms with Crippen molar-refractivity contribution in [2.75, 3.05) is 11.1 Å². The van der Waals surface area contributed by atoms with Gasteiger partial charge in [-0.3, -0.25) is 0 Å². The van der Waals surface area contributed by atoms with E-state index in [0.717, 1.165) is 12.1 Å². The molecule has 19 heavy (non-hydrogen) atoms. The number of halogens is 4. The van der Waals surface area contributed by atoms with Crippen LogP contribution in [0, 0.1) is 0 Å². The van der Waals surface area contributed by atoms with Crippen LogP contribution in [0.4, 0.5) is 30.6 Å². The summed E-state index contributed by atoms with van der Waals surface area (Å²) in [7, 11) is 0. The third-order valence-corrected chi connectivity index (χ3v) is 2.39. The van der Waals surface area contributed by atoms with Gasteiger partial charge < -0.3 is 11.1 Å². The Bertz CT molecular complexity index is 601. The van der Waals surface area contributed by atoms with Gasteiger partial charge in [0.2, 0.25) is 5.95 Å². The van der Waals surface area contributed by atoms with Gasteiger partial charge in [-0.25, -0.2) is 4.98 Å². The van der Waals surface area contributed by atoms with Crippen molar-refractivity contribution in [1.29, 1.82) is 0 Å². The molecule has 0 aliphatic carbocycles. The van der Waals surface area contributed by atoms with Crippen LogP contribution in [0.3, 0.4) is 0 Å². The monoisotopic (exact) mass is 288 g/mol. The quantitative estimate of drug-likeness (QED) is 0.888. The number of benzene rings is 1. The zero-order valence-corrected chi connectivity index (χ0v) is 10.1. The highest BCUT2D eigenvalue weighted by molar-refractivity contribution is 6.31. The maximum Gasteiger partial charge on any atom is 0.416 e. The normalized spacial score (nSPS) is 11.4. The van der Waals surface area contributed by atoms with Crippen LogP contribution in [0.5, 0.6) is 0 Å². The van der Waals surface area contributed by atoms with Crippen LogP contribution in [0.1, 0.15) is 5.56 Å². The van der Waals surface area contributed by atoms with Crippen molar-refractivity contribution >= 4 is 29.1 Å². The molecule has 0 spiro atoms. The van der Waals surface area contributed by atoms with Crippen LogP contribution in [-0.4, -0.2) is 9.97 Å². The Balaban J connectivity index is 2.33. The molecule has 2 rings (SSSR count). The van der Waals surface area contributed by atoms with Crippen molar-refractivity contribution in [1.82, 2.24) is 9.97 Å². The van der Waals surface area contributed by atoms with Gasteiger partial charge in [-0.2, -0.15) is 18.2 Å². The van der Waals surface area contributed by atoms with E-state index in [0.29, 0.717) is 0 Å². The molecule has 1 aromatic heterocycles. The van der Waals surface area contributed by atoms with Crippen LogP contribution in [0.25, 0.3) is 0 Å². The second-order valence-electron chi connectivity index (χ2n) is 3.65. The van der Waals surface area contributed by atoms with Crippen LogP contribution in [0.2, 0.25) is 5.02 Å². The predicted octanol–water partition coefficient (Wildman–Crippen LogP) is 3.47. The number of aromatic nitrogens is 2. The van der Waals surface area contributed by atoms with Gasteiger partial charge >= 0.3 is 6.18 Å². The molecular formula is C11H8ClF3N4. The number of nitrogens with zero attached hydrogens (tertiary/aromatic N) is 2. The van der Waals surface area contributed by atoms with E-state index in [1.54, 1.807) is 0 Å². The van der Waals surface area contributed by atoms with Crippen molar-refractivity contribution in [3.8, 4) is 0 Å². The molecular weight excluding hydrogens is 281 g/mol. The van der Waals surface area contributed by atoms with Crippen LogP contribution >= 0.6 is 11.6 Å². The van der Waals surface area contributed by atoms with Crippen LogP contribution < -0.4 is 11.1 Å². The molecule has 4 nitrogen and oxygen atoms in total. The first-order valence-electron chi connectivity index (χ1n) is 5.08. The number of nitrogens with one attached hydrogen (secondary N) is 1. The average molecular weight is 289 g/mol. The fraction of sp³-hybridized carbons (Fsp3) is 0.0909. The number of hydrogen-bond donors (Lipinski definition) is 2. The molecule has 2 aromatic rings. The molecule has 3 N–H and O–H groups in total. The van der Waals surface area contributed by atoms with Gasteiger partial charge in [0.1, 0.15) is 5.82 Å². The standard InChI is InChI=1S/C11H8ClF3N4/c12-7-3-6(11(13,14)15)4-8(5-7)18-9-1-2-17-10(16)19-9/h1-5H,(H3,16,17,18,19).